The van der Waals surface area contributed by atoms with Gasteiger partial charge in [0.05, 0.1) is 0 Å². The Labute approximate surface area is 78.0 Å². The van der Waals surface area contributed by atoms with Crippen molar-refractivity contribution in [1.82, 2.24) is 0 Å². The molecule has 0 aliphatic heterocycles. The summed E-state index contributed by atoms with van der Waals surface area (Å²) >= 11 is 0. The summed E-state index contributed by atoms with van der Waals surface area (Å²) in [6.07, 6.45) is -7.58. The summed E-state index contributed by atoms with van der Waals surface area (Å²) in [7, 11) is 0. The first kappa shape index (κ1) is 11.0. The maximum absolute atomic E-state index is 12.4. The molecule has 1 aromatic carbocycles. The summed E-state index contributed by atoms with van der Waals surface area (Å²) in [5.41, 5.74) is 0.247. The van der Waals surface area contributed by atoms with Crippen molar-refractivity contribution in [2.75, 3.05) is 0 Å². The van der Waals surface area contributed by atoms with Crippen molar-refractivity contribution in [3.05, 3.63) is 35.6 Å². The van der Waals surface area contributed by atoms with Crippen LogP contribution in [0, 0.1) is 5.82 Å². The van der Waals surface area contributed by atoms with Crippen molar-refractivity contribution in [2.24, 2.45) is 0 Å². The van der Waals surface area contributed by atoms with E-state index in [1.807, 2.05) is 0 Å². The number of aliphatic hydroxyl groups is 1. The molecule has 0 saturated heterocycles. The van der Waals surface area contributed by atoms with E-state index in [1.165, 1.54) is 12.1 Å². The summed E-state index contributed by atoms with van der Waals surface area (Å²) in [6, 6.07) is 4.53. The second-order valence-corrected chi connectivity index (χ2v) is 2.89. The number of aliphatic hydroxyl groups excluding tert-OH is 1. The second kappa shape index (κ2) is 3.96. The maximum Gasteiger partial charge on any atom is 0.414 e. The molecule has 78 valence electrons. The minimum atomic E-state index is -4.63. The van der Waals surface area contributed by atoms with Gasteiger partial charge in [-0.2, -0.15) is 13.2 Å². The Balaban J connectivity index is 2.65. The lowest BCUT2D eigenvalue weighted by Gasteiger charge is -2.13. The van der Waals surface area contributed by atoms with Crippen LogP contribution in [0.25, 0.3) is 0 Å². The van der Waals surface area contributed by atoms with Crippen molar-refractivity contribution in [3.8, 4) is 0 Å². The summed E-state index contributed by atoms with van der Waals surface area (Å²) in [5.74, 6) is -0.518. The van der Waals surface area contributed by atoms with Crippen LogP contribution in [-0.4, -0.2) is 17.4 Å². The molecule has 0 aliphatic rings. The molecule has 0 spiro atoms. The monoisotopic (exact) mass is 208 g/mol. The van der Waals surface area contributed by atoms with E-state index in [2.05, 4.69) is 0 Å². The lowest BCUT2D eigenvalue weighted by atomic mass is 10.1. The van der Waals surface area contributed by atoms with Gasteiger partial charge in [-0.25, -0.2) is 4.39 Å². The summed E-state index contributed by atoms with van der Waals surface area (Å²) < 4.78 is 48.0. The van der Waals surface area contributed by atoms with Crippen LogP contribution in [0.4, 0.5) is 17.6 Å². The van der Waals surface area contributed by atoms with Gasteiger partial charge in [0.2, 0.25) is 0 Å². The van der Waals surface area contributed by atoms with Gasteiger partial charge in [0.15, 0.2) is 6.10 Å². The molecule has 0 heterocycles. The molecular weight excluding hydrogens is 200 g/mol. The third-order valence-corrected chi connectivity index (χ3v) is 1.72. The smallest absolute Gasteiger partial charge is 0.383 e. The van der Waals surface area contributed by atoms with Gasteiger partial charge >= 0.3 is 6.18 Å². The summed E-state index contributed by atoms with van der Waals surface area (Å²) in [6.45, 7) is 0. The molecule has 1 rings (SSSR count). The van der Waals surface area contributed by atoms with Crippen LogP contribution >= 0.6 is 0 Å². The fourth-order valence-electron chi connectivity index (χ4n) is 0.959. The van der Waals surface area contributed by atoms with Crippen molar-refractivity contribution in [2.45, 2.75) is 18.7 Å². The zero-order chi connectivity index (χ0) is 10.8. The molecule has 1 atom stereocenters. The van der Waals surface area contributed by atoms with Crippen LogP contribution in [-0.2, 0) is 6.42 Å². The van der Waals surface area contributed by atoms with Gasteiger partial charge in [-0.15, -0.1) is 0 Å². The normalized spacial score (nSPS) is 14.1. The van der Waals surface area contributed by atoms with Crippen LogP contribution < -0.4 is 0 Å². The van der Waals surface area contributed by atoms with E-state index in [4.69, 9.17) is 5.11 Å². The Bertz CT molecular complexity index is 291. The quantitative estimate of drug-likeness (QED) is 0.739. The van der Waals surface area contributed by atoms with Gasteiger partial charge in [-0.3, -0.25) is 0 Å². The van der Waals surface area contributed by atoms with Gasteiger partial charge in [-0.05, 0) is 17.7 Å². The maximum atomic E-state index is 12.4. The zero-order valence-electron chi connectivity index (χ0n) is 7.05. The zero-order valence-corrected chi connectivity index (χ0v) is 7.05. The van der Waals surface area contributed by atoms with Gasteiger partial charge < -0.3 is 5.11 Å². The van der Waals surface area contributed by atoms with Crippen LogP contribution in [0.2, 0.25) is 0 Å². The third kappa shape index (κ3) is 2.99. The van der Waals surface area contributed by atoms with Gasteiger partial charge in [-0.1, -0.05) is 12.1 Å². The fourth-order valence-corrected chi connectivity index (χ4v) is 0.959. The van der Waals surface area contributed by atoms with Crippen LogP contribution in [0.3, 0.4) is 0 Å². The number of hydrogen-bond acceptors (Lipinski definition) is 1. The molecule has 0 bridgehead atoms. The molecular formula is C9H8F4O. The number of rotatable bonds is 2. The minimum Gasteiger partial charge on any atom is -0.383 e. The predicted molar refractivity (Wildman–Crippen MR) is 42.2 cm³/mol. The van der Waals surface area contributed by atoms with Crippen LogP contribution in [0.5, 0.6) is 0 Å². The average Bonchev–Trinajstić information content (AvgIpc) is 2.07. The Morgan fingerprint density at radius 3 is 2.07 bits per heavy atom. The minimum absolute atomic E-state index is 0.247. The van der Waals surface area contributed by atoms with E-state index in [0.29, 0.717) is 0 Å². The van der Waals surface area contributed by atoms with E-state index in [0.717, 1.165) is 12.1 Å². The fraction of sp³-hybridized carbons (Fsp3) is 0.333. The third-order valence-electron chi connectivity index (χ3n) is 1.72. The molecule has 0 aliphatic carbocycles. The van der Waals surface area contributed by atoms with Gasteiger partial charge in [0.25, 0.3) is 0 Å². The molecule has 0 saturated carbocycles. The lowest BCUT2D eigenvalue weighted by Crippen LogP contribution is -2.30. The van der Waals surface area contributed by atoms with E-state index in [1.54, 1.807) is 0 Å². The first-order chi connectivity index (χ1) is 6.39. The highest BCUT2D eigenvalue weighted by atomic mass is 19.4. The molecule has 1 N–H and O–H groups in total. The van der Waals surface area contributed by atoms with Crippen molar-refractivity contribution in [1.29, 1.82) is 0 Å². The number of benzene rings is 1. The Kier molecular flexibility index (Phi) is 3.10. The SMILES string of the molecule is OC(Cc1ccc(F)cc1)C(F)(F)F. The van der Waals surface area contributed by atoms with Gasteiger partial charge in [0, 0.05) is 6.42 Å². The van der Waals surface area contributed by atoms with Crippen LogP contribution in [0.15, 0.2) is 24.3 Å². The Morgan fingerprint density at radius 1 is 1.14 bits per heavy atom. The van der Waals surface area contributed by atoms with E-state index >= 15 is 0 Å². The highest BCUT2D eigenvalue weighted by Gasteiger charge is 2.37. The highest BCUT2D eigenvalue weighted by molar-refractivity contribution is 5.17. The number of hydrogen-bond donors (Lipinski definition) is 1. The Hall–Kier alpha value is -1.10. The molecule has 1 unspecified atom stereocenters. The molecule has 0 aromatic heterocycles. The molecule has 5 heteroatoms. The summed E-state index contributed by atoms with van der Waals surface area (Å²) in [4.78, 5) is 0. The van der Waals surface area contributed by atoms with E-state index in [-0.39, 0.29) is 5.56 Å². The Morgan fingerprint density at radius 2 is 1.64 bits per heavy atom. The standard InChI is InChI=1S/C9H8F4O/c10-7-3-1-6(2-4-7)5-8(14)9(11,12)13/h1-4,8,14H,5H2. The van der Waals surface area contributed by atoms with Crippen molar-refractivity contribution in [3.63, 3.8) is 0 Å². The molecule has 0 fully saturated rings. The largest absolute Gasteiger partial charge is 0.414 e. The van der Waals surface area contributed by atoms with Crippen molar-refractivity contribution < 1.29 is 22.7 Å². The molecule has 14 heavy (non-hydrogen) atoms. The highest BCUT2D eigenvalue weighted by Crippen LogP contribution is 2.22. The second-order valence-electron chi connectivity index (χ2n) is 2.89. The number of halogens is 4. The van der Waals surface area contributed by atoms with E-state index < -0.39 is 24.5 Å². The molecule has 1 aromatic rings. The van der Waals surface area contributed by atoms with Crippen LogP contribution in [0.1, 0.15) is 5.56 Å². The molecule has 1 nitrogen and oxygen atoms in total. The molecule has 0 amide bonds. The van der Waals surface area contributed by atoms with Crippen molar-refractivity contribution >= 4 is 0 Å². The molecule has 0 radical (unpaired) electrons. The predicted octanol–water partition coefficient (Wildman–Crippen LogP) is 2.29. The first-order valence-electron chi connectivity index (χ1n) is 3.89. The number of alkyl halides is 3. The lowest BCUT2D eigenvalue weighted by molar-refractivity contribution is -0.203. The van der Waals surface area contributed by atoms with Gasteiger partial charge in [0.1, 0.15) is 5.82 Å². The topological polar surface area (TPSA) is 20.2 Å². The average molecular weight is 208 g/mol. The first-order valence-corrected chi connectivity index (χ1v) is 3.89. The summed E-state index contributed by atoms with van der Waals surface area (Å²) in [5, 5.41) is 8.69. The van der Waals surface area contributed by atoms with E-state index in [9.17, 15) is 17.6 Å².